The molecule has 0 saturated heterocycles. The number of hydrogen-bond acceptors (Lipinski definition) is 2. The molecule has 0 bridgehead atoms. The fourth-order valence-electron chi connectivity index (χ4n) is 1.82. The van der Waals surface area contributed by atoms with E-state index in [0.717, 1.165) is 29.1 Å². The second-order valence-electron chi connectivity index (χ2n) is 4.30. The van der Waals surface area contributed by atoms with Gasteiger partial charge in [0.2, 0.25) is 0 Å². The minimum atomic E-state index is 0.631. The molecule has 0 fully saturated rings. The molecule has 0 radical (unpaired) electrons. The smallest absolute Gasteiger partial charge is 0.140 e. The topological polar surface area (TPSA) is 24.9 Å². The third kappa shape index (κ3) is 4.84. The molecule has 1 atom stereocenters. The number of alkyl halides is 1. The van der Waals surface area contributed by atoms with Crippen LogP contribution in [0.5, 0.6) is 0 Å². The Balaban J connectivity index is 2.55. The minimum Gasteiger partial charge on any atom is -0.369 e. The second-order valence-corrected chi connectivity index (χ2v) is 5.47. The van der Waals surface area contributed by atoms with Crippen molar-refractivity contribution >= 4 is 33.3 Å². The van der Waals surface area contributed by atoms with E-state index in [1.165, 1.54) is 18.4 Å². The molecular weight excluding hydrogens is 300 g/mol. The number of anilines is 1. The summed E-state index contributed by atoms with van der Waals surface area (Å²) in [6.07, 6.45) is 5.30. The van der Waals surface area contributed by atoms with Crippen molar-refractivity contribution in [3.05, 3.63) is 22.3 Å². The Morgan fingerprint density at radius 3 is 2.88 bits per heavy atom. The molecule has 1 unspecified atom stereocenters. The largest absolute Gasteiger partial charge is 0.369 e. The molecule has 1 aromatic heterocycles. The number of aryl methyl sites for hydroxylation is 1. The van der Waals surface area contributed by atoms with Crippen LogP contribution in [-0.2, 0) is 0 Å². The van der Waals surface area contributed by atoms with Crippen LogP contribution in [0.15, 0.2) is 16.7 Å². The van der Waals surface area contributed by atoms with Gasteiger partial charge < -0.3 is 5.32 Å². The zero-order valence-electron chi connectivity index (χ0n) is 10.5. The van der Waals surface area contributed by atoms with Crippen molar-refractivity contribution < 1.29 is 0 Å². The first-order chi connectivity index (χ1) is 8.19. The zero-order chi connectivity index (χ0) is 12.7. The van der Waals surface area contributed by atoms with Gasteiger partial charge in [-0.2, -0.15) is 0 Å². The van der Waals surface area contributed by atoms with Crippen LogP contribution in [0.3, 0.4) is 0 Å². The van der Waals surface area contributed by atoms with Crippen molar-refractivity contribution in [2.24, 2.45) is 5.92 Å². The van der Waals surface area contributed by atoms with Crippen LogP contribution >= 0.6 is 27.5 Å². The maximum Gasteiger partial charge on any atom is 0.140 e. The molecule has 1 N–H and O–H groups in total. The summed E-state index contributed by atoms with van der Waals surface area (Å²) in [7, 11) is 0. The van der Waals surface area contributed by atoms with Crippen LogP contribution in [0, 0.1) is 12.8 Å². The number of hydrogen-bond donors (Lipinski definition) is 1. The van der Waals surface area contributed by atoms with Crippen LogP contribution in [0.4, 0.5) is 5.82 Å². The fourth-order valence-corrected chi connectivity index (χ4v) is 2.50. The molecule has 0 saturated carbocycles. The van der Waals surface area contributed by atoms with Crippen molar-refractivity contribution in [3.63, 3.8) is 0 Å². The van der Waals surface area contributed by atoms with Gasteiger partial charge in [0.05, 0.1) is 4.47 Å². The average Bonchev–Trinajstić information content (AvgIpc) is 2.31. The SMILES string of the molecule is CCCC(CCCl)CNc1nccc(C)c1Br. The van der Waals surface area contributed by atoms with Gasteiger partial charge in [0.15, 0.2) is 0 Å². The number of halogens is 2. The molecular formula is C13H20BrClN2. The Bertz CT molecular complexity index is 338. The van der Waals surface area contributed by atoms with Crippen LogP contribution in [-0.4, -0.2) is 17.4 Å². The summed E-state index contributed by atoms with van der Waals surface area (Å²) in [5.74, 6) is 2.29. The van der Waals surface area contributed by atoms with E-state index < -0.39 is 0 Å². The fraction of sp³-hybridized carbons (Fsp3) is 0.615. The Kier molecular flexibility index (Phi) is 6.90. The lowest BCUT2D eigenvalue weighted by Gasteiger charge is -2.17. The highest BCUT2D eigenvalue weighted by Crippen LogP contribution is 2.24. The Labute approximate surface area is 117 Å². The first-order valence-corrected chi connectivity index (χ1v) is 7.42. The molecule has 0 aliphatic heterocycles. The van der Waals surface area contributed by atoms with E-state index in [2.05, 4.69) is 40.1 Å². The highest BCUT2D eigenvalue weighted by molar-refractivity contribution is 9.10. The van der Waals surface area contributed by atoms with Gasteiger partial charge in [0.1, 0.15) is 5.82 Å². The van der Waals surface area contributed by atoms with Crippen LogP contribution in [0.25, 0.3) is 0 Å². The molecule has 0 spiro atoms. The Morgan fingerprint density at radius 1 is 1.47 bits per heavy atom. The summed E-state index contributed by atoms with van der Waals surface area (Å²) in [6.45, 7) is 5.22. The van der Waals surface area contributed by atoms with Crippen LogP contribution in [0.1, 0.15) is 31.7 Å². The van der Waals surface area contributed by atoms with Gasteiger partial charge in [-0.05, 0) is 53.2 Å². The number of pyridine rings is 1. The summed E-state index contributed by atoms with van der Waals surface area (Å²) in [4.78, 5) is 4.34. The van der Waals surface area contributed by atoms with Crippen molar-refractivity contribution in [3.8, 4) is 0 Å². The van der Waals surface area contributed by atoms with Gasteiger partial charge in [-0.15, -0.1) is 11.6 Å². The number of nitrogens with one attached hydrogen (secondary N) is 1. The van der Waals surface area contributed by atoms with Gasteiger partial charge in [-0.3, -0.25) is 0 Å². The summed E-state index contributed by atoms with van der Waals surface area (Å²) in [5.41, 5.74) is 1.20. The standard InChI is InChI=1S/C13H20BrClN2/c1-3-4-11(5-7-15)9-17-13-12(14)10(2)6-8-16-13/h6,8,11H,3-5,7,9H2,1-2H3,(H,16,17). The molecule has 1 aromatic rings. The first-order valence-electron chi connectivity index (χ1n) is 6.10. The van der Waals surface area contributed by atoms with Crippen molar-refractivity contribution in [2.45, 2.75) is 33.1 Å². The summed E-state index contributed by atoms with van der Waals surface area (Å²) in [6, 6.07) is 2.00. The molecule has 0 aliphatic carbocycles. The molecule has 96 valence electrons. The monoisotopic (exact) mass is 318 g/mol. The average molecular weight is 320 g/mol. The summed E-state index contributed by atoms with van der Waals surface area (Å²) >= 11 is 9.37. The molecule has 0 aromatic carbocycles. The third-order valence-electron chi connectivity index (χ3n) is 2.85. The molecule has 0 amide bonds. The van der Waals surface area contributed by atoms with E-state index >= 15 is 0 Å². The van der Waals surface area contributed by atoms with Gasteiger partial charge in [0, 0.05) is 18.6 Å². The maximum absolute atomic E-state index is 5.82. The van der Waals surface area contributed by atoms with E-state index in [1.54, 1.807) is 0 Å². The second kappa shape index (κ2) is 7.93. The van der Waals surface area contributed by atoms with Crippen LogP contribution in [0.2, 0.25) is 0 Å². The van der Waals surface area contributed by atoms with Crippen LogP contribution < -0.4 is 5.32 Å². The molecule has 1 heterocycles. The highest BCUT2D eigenvalue weighted by atomic mass is 79.9. The van der Waals surface area contributed by atoms with E-state index in [1.807, 2.05) is 12.3 Å². The molecule has 2 nitrogen and oxygen atoms in total. The minimum absolute atomic E-state index is 0.631. The van der Waals surface area contributed by atoms with Crippen molar-refractivity contribution in [1.29, 1.82) is 0 Å². The maximum atomic E-state index is 5.82. The van der Waals surface area contributed by atoms with Crippen molar-refractivity contribution in [2.75, 3.05) is 17.7 Å². The number of rotatable bonds is 7. The zero-order valence-corrected chi connectivity index (χ0v) is 12.8. The molecule has 17 heavy (non-hydrogen) atoms. The van der Waals surface area contributed by atoms with E-state index in [4.69, 9.17) is 11.6 Å². The van der Waals surface area contributed by atoms with Gasteiger partial charge in [-0.25, -0.2) is 4.98 Å². The van der Waals surface area contributed by atoms with E-state index in [-0.39, 0.29) is 0 Å². The first kappa shape index (κ1) is 14.8. The Morgan fingerprint density at radius 2 is 2.24 bits per heavy atom. The van der Waals surface area contributed by atoms with Gasteiger partial charge in [0.25, 0.3) is 0 Å². The molecule has 1 rings (SSSR count). The predicted molar refractivity (Wildman–Crippen MR) is 78.9 cm³/mol. The third-order valence-corrected chi connectivity index (χ3v) is 4.07. The number of nitrogens with zero attached hydrogens (tertiary/aromatic N) is 1. The lowest BCUT2D eigenvalue weighted by molar-refractivity contribution is 0.489. The van der Waals surface area contributed by atoms with E-state index in [9.17, 15) is 0 Å². The quantitative estimate of drug-likeness (QED) is 0.742. The van der Waals surface area contributed by atoms with Gasteiger partial charge in [-0.1, -0.05) is 13.3 Å². The number of aromatic nitrogens is 1. The summed E-state index contributed by atoms with van der Waals surface area (Å²) in [5, 5.41) is 3.41. The lowest BCUT2D eigenvalue weighted by Crippen LogP contribution is -2.16. The molecule has 4 heteroatoms. The van der Waals surface area contributed by atoms with Gasteiger partial charge >= 0.3 is 0 Å². The lowest BCUT2D eigenvalue weighted by atomic mass is 10.0. The molecule has 0 aliphatic rings. The summed E-state index contributed by atoms with van der Waals surface area (Å²) < 4.78 is 1.06. The predicted octanol–water partition coefficient (Wildman–Crippen LogP) is 4.61. The Hall–Kier alpha value is -0.280. The van der Waals surface area contributed by atoms with E-state index in [0.29, 0.717) is 5.92 Å². The normalized spacial score (nSPS) is 12.5. The highest BCUT2D eigenvalue weighted by Gasteiger charge is 2.09. The van der Waals surface area contributed by atoms with Crippen molar-refractivity contribution in [1.82, 2.24) is 4.98 Å².